The maximum atomic E-state index is 11.5. The maximum absolute atomic E-state index is 11.5. The Labute approximate surface area is 116 Å². The number of nitrogens with zero attached hydrogens (tertiary/aromatic N) is 2. The van der Waals surface area contributed by atoms with Gasteiger partial charge in [-0.1, -0.05) is 0 Å². The highest BCUT2D eigenvalue weighted by Crippen LogP contribution is 2.21. The molecule has 3 heterocycles. The van der Waals surface area contributed by atoms with Crippen LogP contribution in [0.2, 0.25) is 0 Å². The van der Waals surface area contributed by atoms with Gasteiger partial charge in [0.15, 0.2) is 0 Å². The largest absolute Gasteiger partial charge is 0.384 e. The second-order valence-electron chi connectivity index (χ2n) is 4.69. The third kappa shape index (κ3) is 2.54. The van der Waals surface area contributed by atoms with Crippen molar-refractivity contribution in [1.29, 1.82) is 0 Å². The number of hydrogen-bond donors (Lipinski definition) is 3. The number of hydrogen-bond acceptors (Lipinski definition) is 5. The standard InChI is InChI=1S/C14H15N5O/c15-12-5-9(1-3-16-12)7-19-14-11-6-13(20)18-8-10(11)2-4-17-14/h1-5H,6-8H2,(H2,15,16)(H,17,19)(H,18,20). The van der Waals surface area contributed by atoms with Crippen molar-refractivity contribution < 1.29 is 4.79 Å². The van der Waals surface area contributed by atoms with Crippen LogP contribution in [0.1, 0.15) is 16.7 Å². The summed E-state index contributed by atoms with van der Waals surface area (Å²) in [6.45, 7) is 1.16. The van der Waals surface area contributed by atoms with E-state index in [0.717, 1.165) is 22.5 Å². The molecule has 2 aromatic rings. The van der Waals surface area contributed by atoms with Crippen molar-refractivity contribution in [3.8, 4) is 0 Å². The minimum Gasteiger partial charge on any atom is -0.384 e. The first-order valence-corrected chi connectivity index (χ1v) is 6.40. The van der Waals surface area contributed by atoms with Gasteiger partial charge in [-0.2, -0.15) is 0 Å². The molecule has 0 aliphatic carbocycles. The van der Waals surface area contributed by atoms with Crippen LogP contribution in [0.4, 0.5) is 11.6 Å². The van der Waals surface area contributed by atoms with Crippen LogP contribution < -0.4 is 16.4 Å². The van der Waals surface area contributed by atoms with Crippen LogP contribution >= 0.6 is 0 Å². The molecule has 0 aromatic carbocycles. The monoisotopic (exact) mass is 269 g/mol. The van der Waals surface area contributed by atoms with Gasteiger partial charge in [0.1, 0.15) is 11.6 Å². The smallest absolute Gasteiger partial charge is 0.224 e. The van der Waals surface area contributed by atoms with Crippen LogP contribution in [0.5, 0.6) is 0 Å². The van der Waals surface area contributed by atoms with Crippen LogP contribution in [-0.4, -0.2) is 15.9 Å². The topological polar surface area (TPSA) is 92.9 Å². The zero-order valence-corrected chi connectivity index (χ0v) is 10.9. The summed E-state index contributed by atoms with van der Waals surface area (Å²) in [5, 5.41) is 6.09. The number of carbonyl (C=O) groups excluding carboxylic acids is 1. The van der Waals surface area contributed by atoms with Crippen molar-refractivity contribution in [3.63, 3.8) is 0 Å². The molecule has 0 bridgehead atoms. The van der Waals surface area contributed by atoms with Crippen LogP contribution in [0.25, 0.3) is 0 Å². The molecule has 0 spiro atoms. The molecule has 0 radical (unpaired) electrons. The Kier molecular flexibility index (Phi) is 3.20. The van der Waals surface area contributed by atoms with Crippen LogP contribution in [0, 0.1) is 0 Å². The average molecular weight is 269 g/mol. The SMILES string of the molecule is Nc1cc(CNc2nccc3c2CC(=O)NC3)ccn1. The fourth-order valence-electron chi connectivity index (χ4n) is 2.25. The summed E-state index contributed by atoms with van der Waals surface area (Å²) in [5.74, 6) is 1.28. The second kappa shape index (κ2) is 5.16. The molecule has 0 saturated heterocycles. The molecule has 2 aromatic heterocycles. The van der Waals surface area contributed by atoms with E-state index in [0.29, 0.717) is 25.3 Å². The number of nitrogens with two attached hydrogens (primary N) is 1. The van der Waals surface area contributed by atoms with E-state index in [4.69, 9.17) is 5.73 Å². The highest BCUT2D eigenvalue weighted by atomic mass is 16.1. The highest BCUT2D eigenvalue weighted by Gasteiger charge is 2.18. The first kappa shape index (κ1) is 12.4. The molecular formula is C14H15N5O. The summed E-state index contributed by atoms with van der Waals surface area (Å²) in [5.41, 5.74) is 8.75. The summed E-state index contributed by atoms with van der Waals surface area (Å²) in [6.07, 6.45) is 3.79. The number of nitrogens with one attached hydrogen (secondary N) is 2. The van der Waals surface area contributed by atoms with E-state index in [9.17, 15) is 4.79 Å². The fraction of sp³-hybridized carbons (Fsp3) is 0.214. The molecule has 102 valence electrons. The summed E-state index contributed by atoms with van der Waals surface area (Å²) in [4.78, 5) is 19.8. The van der Waals surface area contributed by atoms with Crippen molar-refractivity contribution >= 4 is 17.5 Å². The van der Waals surface area contributed by atoms with Crippen molar-refractivity contribution in [3.05, 3.63) is 47.3 Å². The number of carbonyl (C=O) groups is 1. The predicted molar refractivity (Wildman–Crippen MR) is 75.8 cm³/mol. The Hall–Kier alpha value is -2.63. The molecule has 6 heteroatoms. The molecule has 1 aliphatic heterocycles. The second-order valence-corrected chi connectivity index (χ2v) is 4.69. The van der Waals surface area contributed by atoms with Crippen LogP contribution in [-0.2, 0) is 24.3 Å². The number of nitrogen functional groups attached to an aromatic ring is 1. The Balaban J connectivity index is 1.80. The molecule has 1 amide bonds. The first-order chi connectivity index (χ1) is 9.72. The Morgan fingerprint density at radius 2 is 2.15 bits per heavy atom. The summed E-state index contributed by atoms with van der Waals surface area (Å²) in [7, 11) is 0. The number of amides is 1. The minimum absolute atomic E-state index is 0.0294. The molecule has 0 saturated carbocycles. The molecule has 6 nitrogen and oxygen atoms in total. The predicted octanol–water partition coefficient (Wildman–Crippen LogP) is 0.843. The molecule has 0 fully saturated rings. The van der Waals surface area contributed by atoms with Crippen LogP contribution in [0.3, 0.4) is 0 Å². The molecule has 3 rings (SSSR count). The lowest BCUT2D eigenvalue weighted by Gasteiger charge is -2.19. The quantitative estimate of drug-likeness (QED) is 0.768. The molecule has 1 aliphatic rings. The van der Waals surface area contributed by atoms with Gasteiger partial charge in [-0.05, 0) is 29.3 Å². The highest BCUT2D eigenvalue weighted by molar-refractivity contribution is 5.82. The van der Waals surface area contributed by atoms with Gasteiger partial charge in [0.05, 0.1) is 6.42 Å². The van der Waals surface area contributed by atoms with E-state index in [2.05, 4.69) is 20.6 Å². The van der Waals surface area contributed by atoms with Crippen LogP contribution in [0.15, 0.2) is 30.6 Å². The van der Waals surface area contributed by atoms with Gasteiger partial charge in [0.2, 0.25) is 5.91 Å². The third-order valence-corrected chi connectivity index (χ3v) is 3.27. The lowest BCUT2D eigenvalue weighted by atomic mass is 10.0. The molecule has 0 unspecified atom stereocenters. The Morgan fingerprint density at radius 1 is 1.30 bits per heavy atom. The lowest BCUT2D eigenvalue weighted by Crippen LogP contribution is -2.31. The number of anilines is 2. The van der Waals surface area contributed by atoms with Gasteiger partial charge in [-0.25, -0.2) is 9.97 Å². The summed E-state index contributed by atoms with van der Waals surface area (Å²) >= 11 is 0. The molecule has 0 atom stereocenters. The summed E-state index contributed by atoms with van der Waals surface area (Å²) < 4.78 is 0. The van der Waals surface area contributed by atoms with Gasteiger partial charge >= 0.3 is 0 Å². The van der Waals surface area contributed by atoms with E-state index in [1.54, 1.807) is 12.4 Å². The van der Waals surface area contributed by atoms with Crippen molar-refractivity contribution in [1.82, 2.24) is 15.3 Å². The molecule has 20 heavy (non-hydrogen) atoms. The fourth-order valence-corrected chi connectivity index (χ4v) is 2.25. The van der Waals surface area contributed by atoms with Gasteiger partial charge in [-0.15, -0.1) is 0 Å². The first-order valence-electron chi connectivity index (χ1n) is 6.40. The summed E-state index contributed by atoms with van der Waals surface area (Å²) in [6, 6.07) is 5.64. The van der Waals surface area contributed by atoms with Gasteiger partial charge in [0, 0.05) is 31.0 Å². The minimum atomic E-state index is 0.0294. The van der Waals surface area contributed by atoms with Gasteiger partial charge < -0.3 is 16.4 Å². The van der Waals surface area contributed by atoms with Crippen molar-refractivity contribution in [2.75, 3.05) is 11.1 Å². The number of aromatic nitrogens is 2. The van der Waals surface area contributed by atoms with Crippen molar-refractivity contribution in [2.45, 2.75) is 19.5 Å². The zero-order chi connectivity index (χ0) is 13.9. The van der Waals surface area contributed by atoms with Crippen molar-refractivity contribution in [2.24, 2.45) is 0 Å². The zero-order valence-electron chi connectivity index (χ0n) is 10.9. The van der Waals surface area contributed by atoms with E-state index in [1.807, 2.05) is 18.2 Å². The Morgan fingerprint density at radius 3 is 3.00 bits per heavy atom. The van der Waals surface area contributed by atoms with Gasteiger partial charge in [-0.3, -0.25) is 4.79 Å². The maximum Gasteiger partial charge on any atom is 0.224 e. The van der Waals surface area contributed by atoms with E-state index >= 15 is 0 Å². The van der Waals surface area contributed by atoms with E-state index < -0.39 is 0 Å². The molecule has 4 N–H and O–H groups in total. The molecular weight excluding hydrogens is 254 g/mol. The van der Waals surface area contributed by atoms with E-state index in [1.165, 1.54) is 0 Å². The van der Waals surface area contributed by atoms with E-state index in [-0.39, 0.29) is 5.91 Å². The Bertz CT molecular complexity index is 656. The number of fused-ring (bicyclic) bond motifs is 1. The normalized spacial score (nSPS) is 13.5. The van der Waals surface area contributed by atoms with Gasteiger partial charge in [0.25, 0.3) is 0 Å². The third-order valence-electron chi connectivity index (χ3n) is 3.27. The number of rotatable bonds is 3. The number of pyridine rings is 2. The lowest BCUT2D eigenvalue weighted by molar-refractivity contribution is -0.121. The average Bonchev–Trinajstić information content (AvgIpc) is 2.45.